The van der Waals surface area contributed by atoms with E-state index < -0.39 is 0 Å². The van der Waals surface area contributed by atoms with Crippen molar-refractivity contribution in [3.05, 3.63) is 58.7 Å². The molecule has 0 saturated heterocycles. The van der Waals surface area contributed by atoms with Gasteiger partial charge in [0.2, 0.25) is 0 Å². The lowest BCUT2D eigenvalue weighted by Gasteiger charge is -2.08. The van der Waals surface area contributed by atoms with E-state index in [9.17, 15) is 9.59 Å². The van der Waals surface area contributed by atoms with Gasteiger partial charge in [-0.25, -0.2) is 4.98 Å². The van der Waals surface area contributed by atoms with E-state index >= 15 is 0 Å². The minimum Gasteiger partial charge on any atom is -0.350 e. The molecule has 0 bridgehead atoms. The zero-order valence-electron chi connectivity index (χ0n) is 12.5. The first kappa shape index (κ1) is 17.3. The molecule has 0 aliphatic carbocycles. The molecule has 2 amide bonds. The van der Waals surface area contributed by atoms with E-state index in [0.717, 1.165) is 5.03 Å². The van der Waals surface area contributed by atoms with Crippen LogP contribution >= 0.6 is 23.4 Å². The number of amides is 2. The number of benzene rings is 1. The summed E-state index contributed by atoms with van der Waals surface area (Å²) < 4.78 is 0. The maximum absolute atomic E-state index is 12.0. The van der Waals surface area contributed by atoms with E-state index in [4.69, 9.17) is 11.6 Å². The number of carbonyl (C=O) groups excluding carboxylic acids is 2. The van der Waals surface area contributed by atoms with Crippen LogP contribution in [-0.4, -0.2) is 36.1 Å². The predicted molar refractivity (Wildman–Crippen MR) is 92.1 cm³/mol. The Bertz CT molecular complexity index is 692. The number of nitrogens with one attached hydrogen (secondary N) is 2. The Morgan fingerprint density at radius 2 is 1.65 bits per heavy atom. The number of rotatable bonds is 6. The van der Waals surface area contributed by atoms with Crippen LogP contribution in [0.15, 0.2) is 47.6 Å². The number of hydrogen-bond acceptors (Lipinski definition) is 4. The van der Waals surface area contributed by atoms with Crippen molar-refractivity contribution in [3.63, 3.8) is 0 Å². The summed E-state index contributed by atoms with van der Waals surface area (Å²) in [5, 5.41) is 6.85. The van der Waals surface area contributed by atoms with Crippen molar-refractivity contribution >= 4 is 35.2 Å². The van der Waals surface area contributed by atoms with Gasteiger partial charge in [0.1, 0.15) is 0 Å². The highest BCUT2D eigenvalue weighted by atomic mass is 35.5. The zero-order chi connectivity index (χ0) is 16.7. The highest BCUT2D eigenvalue weighted by Gasteiger charge is 2.07. The lowest BCUT2D eigenvalue weighted by Crippen LogP contribution is -2.34. The lowest BCUT2D eigenvalue weighted by atomic mass is 10.2. The van der Waals surface area contributed by atoms with Crippen LogP contribution in [0, 0.1) is 0 Å². The summed E-state index contributed by atoms with van der Waals surface area (Å²) in [5.41, 5.74) is 1.08. The summed E-state index contributed by atoms with van der Waals surface area (Å²) in [7, 11) is 0. The standard InChI is InChI=1S/C16H16ClN3O2S/c1-23-14-10-12(6-7-18-14)16(22)20-9-8-19-15(21)11-2-4-13(17)5-3-11/h2-7,10H,8-9H2,1H3,(H,19,21)(H,20,22). The highest BCUT2D eigenvalue weighted by molar-refractivity contribution is 7.98. The molecule has 0 aliphatic rings. The van der Waals surface area contributed by atoms with Crippen molar-refractivity contribution < 1.29 is 9.59 Å². The SMILES string of the molecule is CSc1cc(C(=O)NCCNC(=O)c2ccc(Cl)cc2)ccn1. The average molecular weight is 350 g/mol. The first-order valence-electron chi connectivity index (χ1n) is 6.92. The Hall–Kier alpha value is -2.05. The van der Waals surface area contributed by atoms with Crippen LogP contribution in [0.5, 0.6) is 0 Å². The number of halogens is 1. The van der Waals surface area contributed by atoms with Crippen molar-refractivity contribution in [2.75, 3.05) is 19.3 Å². The number of aromatic nitrogens is 1. The molecular formula is C16H16ClN3O2S. The lowest BCUT2D eigenvalue weighted by molar-refractivity contribution is 0.0927. The van der Waals surface area contributed by atoms with Gasteiger partial charge in [-0.1, -0.05) is 11.6 Å². The van der Waals surface area contributed by atoms with Crippen molar-refractivity contribution in [3.8, 4) is 0 Å². The number of pyridine rings is 1. The summed E-state index contributed by atoms with van der Waals surface area (Å²) >= 11 is 7.25. The van der Waals surface area contributed by atoms with Gasteiger partial charge in [-0.05, 0) is 42.7 Å². The van der Waals surface area contributed by atoms with E-state index in [-0.39, 0.29) is 11.8 Å². The van der Waals surface area contributed by atoms with E-state index in [2.05, 4.69) is 15.6 Å². The van der Waals surface area contributed by atoms with Gasteiger partial charge in [0.05, 0.1) is 5.03 Å². The summed E-state index contributed by atoms with van der Waals surface area (Å²) in [5.74, 6) is -0.395. The van der Waals surface area contributed by atoms with Crippen LogP contribution in [0.25, 0.3) is 0 Å². The molecule has 0 saturated carbocycles. The van der Waals surface area contributed by atoms with Crippen LogP contribution in [0.3, 0.4) is 0 Å². The molecule has 2 rings (SSSR count). The molecule has 0 atom stereocenters. The van der Waals surface area contributed by atoms with Crippen LogP contribution in [-0.2, 0) is 0 Å². The van der Waals surface area contributed by atoms with Crippen LogP contribution in [0.2, 0.25) is 5.02 Å². The van der Waals surface area contributed by atoms with Crippen molar-refractivity contribution in [1.29, 1.82) is 0 Å². The highest BCUT2D eigenvalue weighted by Crippen LogP contribution is 2.12. The Balaban J connectivity index is 1.77. The molecule has 0 radical (unpaired) electrons. The molecule has 120 valence electrons. The third-order valence-corrected chi connectivity index (χ3v) is 3.90. The number of nitrogens with zero attached hydrogens (tertiary/aromatic N) is 1. The number of thioether (sulfide) groups is 1. The van der Waals surface area contributed by atoms with E-state index in [1.165, 1.54) is 11.8 Å². The van der Waals surface area contributed by atoms with Gasteiger partial charge in [-0.2, -0.15) is 0 Å². The molecule has 1 aromatic heterocycles. The molecule has 7 heteroatoms. The maximum Gasteiger partial charge on any atom is 0.251 e. The second-order valence-corrected chi connectivity index (χ2v) is 5.87. The third-order valence-electron chi connectivity index (χ3n) is 3.01. The first-order valence-corrected chi connectivity index (χ1v) is 8.52. The molecule has 0 fully saturated rings. The minimum atomic E-state index is -0.204. The average Bonchev–Trinajstić information content (AvgIpc) is 2.59. The number of hydrogen-bond donors (Lipinski definition) is 2. The third kappa shape index (κ3) is 5.26. The fourth-order valence-corrected chi connectivity index (χ4v) is 2.36. The second kappa shape index (κ2) is 8.55. The molecule has 0 aliphatic heterocycles. The largest absolute Gasteiger partial charge is 0.350 e. The van der Waals surface area contributed by atoms with Gasteiger partial charge >= 0.3 is 0 Å². The first-order chi connectivity index (χ1) is 11.1. The summed E-state index contributed by atoms with van der Waals surface area (Å²) in [6.45, 7) is 0.683. The molecule has 0 unspecified atom stereocenters. The van der Waals surface area contributed by atoms with Gasteiger partial charge in [-0.15, -0.1) is 11.8 Å². The van der Waals surface area contributed by atoms with Gasteiger partial charge in [0.15, 0.2) is 0 Å². The van der Waals surface area contributed by atoms with E-state index in [1.54, 1.807) is 42.6 Å². The Kier molecular flexibility index (Phi) is 6.43. The Morgan fingerprint density at radius 3 is 2.26 bits per heavy atom. The fraction of sp³-hybridized carbons (Fsp3) is 0.188. The monoisotopic (exact) mass is 349 g/mol. The van der Waals surface area contributed by atoms with Gasteiger partial charge in [-0.3, -0.25) is 9.59 Å². The molecule has 2 aromatic rings. The van der Waals surface area contributed by atoms with Crippen molar-refractivity contribution in [2.24, 2.45) is 0 Å². The van der Waals surface area contributed by atoms with Crippen LogP contribution in [0.1, 0.15) is 20.7 Å². The van der Waals surface area contributed by atoms with Gasteiger partial charge < -0.3 is 10.6 Å². The van der Waals surface area contributed by atoms with Gasteiger partial charge in [0.25, 0.3) is 11.8 Å². The Morgan fingerprint density at radius 1 is 1.04 bits per heavy atom. The predicted octanol–water partition coefficient (Wildman–Crippen LogP) is 2.62. The molecular weight excluding hydrogens is 334 g/mol. The van der Waals surface area contributed by atoms with Crippen molar-refractivity contribution in [2.45, 2.75) is 5.03 Å². The summed E-state index contributed by atoms with van der Waals surface area (Å²) in [6, 6.07) is 10.00. The molecule has 1 aromatic carbocycles. The topological polar surface area (TPSA) is 71.1 Å². The van der Waals surface area contributed by atoms with Gasteiger partial charge in [0, 0.05) is 35.4 Å². The quantitative estimate of drug-likeness (QED) is 0.621. The maximum atomic E-state index is 12.0. The minimum absolute atomic E-state index is 0.191. The summed E-state index contributed by atoms with van der Waals surface area (Å²) in [4.78, 5) is 28.0. The van der Waals surface area contributed by atoms with E-state index in [1.807, 2.05) is 6.26 Å². The molecule has 2 N–H and O–H groups in total. The molecule has 0 spiro atoms. The van der Waals surface area contributed by atoms with Crippen LogP contribution in [0.4, 0.5) is 0 Å². The van der Waals surface area contributed by atoms with Crippen LogP contribution < -0.4 is 10.6 Å². The molecule has 1 heterocycles. The molecule has 5 nitrogen and oxygen atoms in total. The zero-order valence-corrected chi connectivity index (χ0v) is 14.1. The van der Waals surface area contributed by atoms with E-state index in [0.29, 0.717) is 29.2 Å². The van der Waals surface area contributed by atoms with Crippen molar-refractivity contribution in [1.82, 2.24) is 15.6 Å². The Labute approximate surface area is 143 Å². The second-order valence-electron chi connectivity index (χ2n) is 4.61. The normalized spacial score (nSPS) is 10.2. The fourth-order valence-electron chi connectivity index (χ4n) is 1.82. The number of carbonyl (C=O) groups is 2. The molecule has 23 heavy (non-hydrogen) atoms. The summed E-state index contributed by atoms with van der Waals surface area (Å²) in [6.07, 6.45) is 3.50. The smallest absolute Gasteiger partial charge is 0.251 e.